The van der Waals surface area contributed by atoms with E-state index in [0.29, 0.717) is 6.42 Å². The second kappa shape index (κ2) is 6.14. The Labute approximate surface area is 128 Å². The maximum Gasteiger partial charge on any atom is 0.159 e. The third-order valence-corrected chi connectivity index (χ3v) is 4.28. The predicted octanol–water partition coefficient (Wildman–Crippen LogP) is 5.71. The number of aryl methyl sites for hydroxylation is 1. The molecule has 0 aliphatic heterocycles. The summed E-state index contributed by atoms with van der Waals surface area (Å²) in [5.74, 6) is -1.61. The molecule has 19 heavy (non-hydrogen) atoms. The molecule has 1 atom stereocenters. The van der Waals surface area contributed by atoms with Gasteiger partial charge in [-0.05, 0) is 54.3 Å². The molecule has 0 radical (unpaired) electrons. The first-order chi connectivity index (χ1) is 8.97. The Morgan fingerprint density at radius 2 is 1.79 bits per heavy atom. The molecule has 0 amide bonds. The third-order valence-electron chi connectivity index (χ3n) is 2.97. The van der Waals surface area contributed by atoms with Gasteiger partial charge in [-0.15, -0.1) is 0 Å². The van der Waals surface area contributed by atoms with Gasteiger partial charge in [-0.2, -0.15) is 0 Å². The first-order valence-corrected chi connectivity index (χ1v) is 7.52. The average molecular weight is 390 g/mol. The van der Waals surface area contributed by atoms with Gasteiger partial charge in [-0.25, -0.2) is 8.78 Å². The van der Waals surface area contributed by atoms with Crippen molar-refractivity contribution in [2.45, 2.75) is 18.2 Å². The number of rotatable bonds is 3. The summed E-state index contributed by atoms with van der Waals surface area (Å²) in [4.78, 5) is 0.0745. The molecule has 2 aromatic rings. The van der Waals surface area contributed by atoms with Crippen molar-refractivity contribution in [1.82, 2.24) is 0 Å². The molecule has 0 bridgehead atoms. The Morgan fingerprint density at radius 1 is 1.05 bits per heavy atom. The van der Waals surface area contributed by atoms with Gasteiger partial charge in [-0.1, -0.05) is 44.0 Å². The summed E-state index contributed by atoms with van der Waals surface area (Å²) in [5.41, 5.74) is 3.06. The van der Waals surface area contributed by atoms with E-state index in [0.717, 1.165) is 21.2 Å². The minimum absolute atomic E-state index is 0.0745. The molecule has 0 aliphatic carbocycles. The van der Waals surface area contributed by atoms with Crippen LogP contribution in [0.5, 0.6) is 0 Å². The van der Waals surface area contributed by atoms with Crippen LogP contribution in [-0.4, -0.2) is 0 Å². The molecule has 4 heteroatoms. The summed E-state index contributed by atoms with van der Waals surface area (Å²) in [5, 5.41) is 0. The van der Waals surface area contributed by atoms with Gasteiger partial charge < -0.3 is 0 Å². The van der Waals surface area contributed by atoms with Crippen LogP contribution in [0.1, 0.15) is 21.5 Å². The highest BCUT2D eigenvalue weighted by atomic mass is 79.9. The molecule has 0 saturated heterocycles. The molecule has 0 fully saturated rings. The average Bonchev–Trinajstić information content (AvgIpc) is 2.33. The minimum atomic E-state index is -0.810. The molecule has 100 valence electrons. The Kier molecular flexibility index (Phi) is 4.74. The molecule has 1 unspecified atom stereocenters. The fourth-order valence-electron chi connectivity index (χ4n) is 1.97. The number of benzene rings is 2. The van der Waals surface area contributed by atoms with E-state index in [9.17, 15) is 8.78 Å². The Morgan fingerprint density at radius 3 is 2.42 bits per heavy atom. The number of halogens is 4. The van der Waals surface area contributed by atoms with Crippen LogP contribution >= 0.6 is 31.9 Å². The Bertz CT molecular complexity index is 597. The van der Waals surface area contributed by atoms with Crippen molar-refractivity contribution in [2.75, 3.05) is 0 Å². The molecule has 2 rings (SSSR count). The Balaban J connectivity index is 2.20. The monoisotopic (exact) mass is 388 g/mol. The van der Waals surface area contributed by atoms with Gasteiger partial charge in [0.2, 0.25) is 0 Å². The normalized spacial score (nSPS) is 12.5. The second-order valence-electron chi connectivity index (χ2n) is 4.42. The molecular formula is C15H12Br2F2. The van der Waals surface area contributed by atoms with Crippen molar-refractivity contribution in [3.8, 4) is 0 Å². The van der Waals surface area contributed by atoms with Crippen molar-refractivity contribution in [2.24, 2.45) is 0 Å². The van der Waals surface area contributed by atoms with E-state index < -0.39 is 11.6 Å². The number of hydrogen-bond donors (Lipinski definition) is 0. The molecule has 0 aliphatic rings. The molecule has 0 heterocycles. The van der Waals surface area contributed by atoms with E-state index in [2.05, 4.69) is 31.9 Å². The molecule has 0 nitrogen and oxygen atoms in total. The zero-order valence-electron chi connectivity index (χ0n) is 10.3. The van der Waals surface area contributed by atoms with Gasteiger partial charge >= 0.3 is 0 Å². The van der Waals surface area contributed by atoms with E-state index in [1.807, 2.05) is 25.1 Å². The van der Waals surface area contributed by atoms with Gasteiger partial charge in [0.1, 0.15) is 0 Å². The highest BCUT2D eigenvalue weighted by Crippen LogP contribution is 2.31. The van der Waals surface area contributed by atoms with Gasteiger partial charge in [0.25, 0.3) is 0 Å². The molecule has 0 N–H and O–H groups in total. The van der Waals surface area contributed by atoms with Gasteiger partial charge in [-0.3, -0.25) is 0 Å². The van der Waals surface area contributed by atoms with E-state index in [-0.39, 0.29) is 4.83 Å². The zero-order chi connectivity index (χ0) is 14.0. The van der Waals surface area contributed by atoms with E-state index in [4.69, 9.17) is 0 Å². The summed E-state index contributed by atoms with van der Waals surface area (Å²) < 4.78 is 27.1. The summed E-state index contributed by atoms with van der Waals surface area (Å²) in [7, 11) is 0. The van der Waals surface area contributed by atoms with E-state index in [1.54, 1.807) is 6.07 Å². The maximum atomic E-state index is 13.2. The molecule has 0 spiro atoms. The topological polar surface area (TPSA) is 0 Å². The van der Waals surface area contributed by atoms with Gasteiger partial charge in [0.05, 0.1) is 0 Å². The SMILES string of the molecule is Cc1cc(Br)ccc1C(Br)Cc1ccc(F)c(F)c1. The third kappa shape index (κ3) is 3.63. The molecule has 0 saturated carbocycles. The minimum Gasteiger partial charge on any atom is -0.204 e. The second-order valence-corrected chi connectivity index (χ2v) is 6.44. The van der Waals surface area contributed by atoms with Crippen molar-refractivity contribution in [3.63, 3.8) is 0 Å². The fraction of sp³-hybridized carbons (Fsp3) is 0.200. The first-order valence-electron chi connectivity index (χ1n) is 5.81. The lowest BCUT2D eigenvalue weighted by molar-refractivity contribution is 0.507. The molecule has 0 aromatic heterocycles. The standard InChI is InChI=1S/C15H12Br2F2/c1-9-6-11(16)3-4-12(9)13(17)7-10-2-5-14(18)15(19)8-10/h2-6,8,13H,7H2,1H3. The van der Waals surface area contributed by atoms with E-state index in [1.165, 1.54) is 12.1 Å². The van der Waals surface area contributed by atoms with Crippen LogP contribution in [0, 0.1) is 18.6 Å². The van der Waals surface area contributed by atoms with Crippen molar-refractivity contribution in [1.29, 1.82) is 0 Å². The van der Waals surface area contributed by atoms with Crippen molar-refractivity contribution in [3.05, 3.63) is 69.2 Å². The lowest BCUT2D eigenvalue weighted by atomic mass is 10.0. The summed E-state index contributed by atoms with van der Waals surface area (Å²) in [6.45, 7) is 2.03. The van der Waals surface area contributed by atoms with Crippen LogP contribution in [0.15, 0.2) is 40.9 Å². The fourth-order valence-corrected chi connectivity index (χ4v) is 3.34. The van der Waals surface area contributed by atoms with Crippen LogP contribution < -0.4 is 0 Å². The highest BCUT2D eigenvalue weighted by molar-refractivity contribution is 9.10. The van der Waals surface area contributed by atoms with Gasteiger partial charge in [0, 0.05) is 9.30 Å². The lowest BCUT2D eigenvalue weighted by Gasteiger charge is -2.14. The predicted molar refractivity (Wildman–Crippen MR) is 80.6 cm³/mol. The summed E-state index contributed by atoms with van der Waals surface area (Å²) in [6, 6.07) is 10.1. The van der Waals surface area contributed by atoms with Crippen LogP contribution in [0.2, 0.25) is 0 Å². The van der Waals surface area contributed by atoms with Crippen LogP contribution in [-0.2, 0) is 6.42 Å². The van der Waals surface area contributed by atoms with Crippen molar-refractivity contribution < 1.29 is 8.78 Å². The molecule has 2 aromatic carbocycles. The quantitative estimate of drug-likeness (QED) is 0.589. The van der Waals surface area contributed by atoms with Gasteiger partial charge in [0.15, 0.2) is 11.6 Å². The van der Waals surface area contributed by atoms with Crippen LogP contribution in [0.4, 0.5) is 8.78 Å². The number of alkyl halides is 1. The van der Waals surface area contributed by atoms with Crippen molar-refractivity contribution >= 4 is 31.9 Å². The largest absolute Gasteiger partial charge is 0.204 e. The zero-order valence-corrected chi connectivity index (χ0v) is 13.4. The summed E-state index contributed by atoms with van der Waals surface area (Å²) >= 11 is 7.03. The van der Waals surface area contributed by atoms with Crippen LogP contribution in [0.25, 0.3) is 0 Å². The first kappa shape index (κ1) is 14.7. The summed E-state index contributed by atoms with van der Waals surface area (Å²) in [6.07, 6.45) is 0.611. The Hall–Kier alpha value is -0.740. The van der Waals surface area contributed by atoms with Crippen LogP contribution in [0.3, 0.4) is 0 Å². The maximum absolute atomic E-state index is 13.2. The lowest BCUT2D eigenvalue weighted by Crippen LogP contribution is -1.99. The highest BCUT2D eigenvalue weighted by Gasteiger charge is 2.12. The smallest absolute Gasteiger partial charge is 0.159 e. The molecular weight excluding hydrogens is 378 g/mol. The number of hydrogen-bond acceptors (Lipinski definition) is 0. The van der Waals surface area contributed by atoms with E-state index >= 15 is 0 Å².